The van der Waals surface area contributed by atoms with Crippen LogP contribution in [0.1, 0.15) is 39.2 Å². The van der Waals surface area contributed by atoms with Crippen molar-refractivity contribution in [2.24, 2.45) is 0 Å². The van der Waals surface area contributed by atoms with Gasteiger partial charge in [-0.3, -0.25) is 0 Å². The van der Waals surface area contributed by atoms with Crippen molar-refractivity contribution in [3.63, 3.8) is 0 Å². The van der Waals surface area contributed by atoms with Gasteiger partial charge in [-0.25, -0.2) is 9.78 Å². The van der Waals surface area contributed by atoms with E-state index >= 15 is 0 Å². The van der Waals surface area contributed by atoms with E-state index in [4.69, 9.17) is 4.74 Å². The molecule has 6 nitrogen and oxygen atoms in total. The van der Waals surface area contributed by atoms with Crippen LogP contribution in [-0.2, 0) is 4.74 Å². The SMILES string of the molecule is CC1(O)CN(c2ccc(C3CN(C(=O)OC(C)(C)C)C3)cn2)C1. The predicted octanol–water partition coefficient (Wildman–Crippen LogP) is 1.99. The molecule has 0 saturated carbocycles. The highest BCUT2D eigenvalue weighted by molar-refractivity contribution is 5.69. The maximum Gasteiger partial charge on any atom is 0.410 e. The maximum absolute atomic E-state index is 11.9. The second-order valence-electron chi connectivity index (χ2n) is 7.88. The average molecular weight is 319 g/mol. The fraction of sp³-hybridized carbons (Fsp3) is 0.647. The number of aromatic nitrogens is 1. The standard InChI is InChI=1S/C17H25N3O3/c1-16(2,3)23-15(21)19-8-13(9-19)12-5-6-14(18-7-12)20-10-17(4,22)11-20/h5-7,13,22H,8-11H2,1-4H3. The summed E-state index contributed by atoms with van der Waals surface area (Å²) in [7, 11) is 0. The summed E-state index contributed by atoms with van der Waals surface area (Å²) in [6.07, 6.45) is 1.63. The van der Waals surface area contributed by atoms with Crippen molar-refractivity contribution >= 4 is 11.9 Å². The molecule has 0 aliphatic carbocycles. The van der Waals surface area contributed by atoms with Gasteiger partial charge in [0.15, 0.2) is 0 Å². The molecule has 1 aromatic heterocycles. The van der Waals surface area contributed by atoms with Crippen molar-refractivity contribution in [1.29, 1.82) is 0 Å². The van der Waals surface area contributed by atoms with E-state index in [2.05, 4.69) is 16.0 Å². The first-order valence-electron chi connectivity index (χ1n) is 8.04. The summed E-state index contributed by atoms with van der Waals surface area (Å²) in [6.45, 7) is 10.0. The molecule has 0 aromatic carbocycles. The Hall–Kier alpha value is -1.82. The molecule has 6 heteroatoms. The zero-order chi connectivity index (χ0) is 16.8. The molecule has 3 rings (SSSR count). The Labute approximate surface area is 137 Å². The van der Waals surface area contributed by atoms with Crippen LogP contribution in [0.15, 0.2) is 18.3 Å². The lowest BCUT2D eigenvalue weighted by Crippen LogP contribution is -2.60. The van der Waals surface area contributed by atoms with E-state index in [1.54, 1.807) is 4.90 Å². The van der Waals surface area contributed by atoms with Crippen molar-refractivity contribution in [3.8, 4) is 0 Å². The van der Waals surface area contributed by atoms with Crippen molar-refractivity contribution in [2.45, 2.75) is 44.8 Å². The summed E-state index contributed by atoms with van der Waals surface area (Å²) in [4.78, 5) is 20.2. The van der Waals surface area contributed by atoms with E-state index in [-0.39, 0.29) is 6.09 Å². The molecule has 2 saturated heterocycles. The Morgan fingerprint density at radius 1 is 1.35 bits per heavy atom. The Kier molecular flexibility index (Phi) is 3.75. The van der Waals surface area contributed by atoms with E-state index in [1.807, 2.05) is 40.0 Å². The first-order valence-corrected chi connectivity index (χ1v) is 8.04. The van der Waals surface area contributed by atoms with E-state index < -0.39 is 11.2 Å². The molecular weight excluding hydrogens is 294 g/mol. The summed E-state index contributed by atoms with van der Waals surface area (Å²) in [6, 6.07) is 4.05. The molecule has 1 amide bonds. The van der Waals surface area contributed by atoms with Crippen molar-refractivity contribution in [1.82, 2.24) is 9.88 Å². The van der Waals surface area contributed by atoms with E-state index in [1.165, 1.54) is 0 Å². The molecule has 126 valence electrons. The summed E-state index contributed by atoms with van der Waals surface area (Å²) in [5.41, 5.74) is 0.0901. The summed E-state index contributed by atoms with van der Waals surface area (Å²) >= 11 is 0. The molecule has 1 aromatic rings. The summed E-state index contributed by atoms with van der Waals surface area (Å²) in [5, 5.41) is 9.78. The van der Waals surface area contributed by atoms with Crippen LogP contribution in [0.2, 0.25) is 0 Å². The van der Waals surface area contributed by atoms with Crippen molar-refractivity contribution in [2.75, 3.05) is 31.1 Å². The molecular formula is C17H25N3O3. The average Bonchev–Trinajstić information content (AvgIpc) is 2.32. The highest BCUT2D eigenvalue weighted by atomic mass is 16.6. The minimum absolute atomic E-state index is 0.249. The number of β-amino-alcohol motifs (C(OH)–C–C–N with tert-alkyl or cyclic N) is 1. The Balaban J connectivity index is 1.51. The van der Waals surface area contributed by atoms with Gasteiger partial charge in [0, 0.05) is 38.3 Å². The minimum atomic E-state index is -0.595. The van der Waals surface area contributed by atoms with Crippen LogP contribution >= 0.6 is 0 Å². The van der Waals surface area contributed by atoms with E-state index in [0.29, 0.717) is 32.1 Å². The smallest absolute Gasteiger partial charge is 0.410 e. The topological polar surface area (TPSA) is 65.9 Å². The lowest BCUT2D eigenvalue weighted by Gasteiger charge is -2.45. The van der Waals surface area contributed by atoms with Crippen molar-refractivity contribution in [3.05, 3.63) is 23.9 Å². The van der Waals surface area contributed by atoms with E-state index in [0.717, 1.165) is 11.4 Å². The largest absolute Gasteiger partial charge is 0.444 e. The number of carbonyl (C=O) groups is 1. The molecule has 2 fully saturated rings. The number of amides is 1. The Morgan fingerprint density at radius 3 is 2.48 bits per heavy atom. The minimum Gasteiger partial charge on any atom is -0.444 e. The fourth-order valence-corrected chi connectivity index (χ4v) is 2.93. The van der Waals surface area contributed by atoms with Crippen LogP contribution in [-0.4, -0.2) is 58.5 Å². The van der Waals surface area contributed by atoms with E-state index in [9.17, 15) is 9.90 Å². The van der Waals surface area contributed by atoms with Gasteiger partial charge >= 0.3 is 6.09 Å². The van der Waals surface area contributed by atoms with Gasteiger partial charge in [0.05, 0.1) is 5.60 Å². The number of hydrogen-bond donors (Lipinski definition) is 1. The number of anilines is 1. The highest BCUT2D eigenvalue weighted by Gasteiger charge is 2.38. The summed E-state index contributed by atoms with van der Waals surface area (Å²) in [5.74, 6) is 1.21. The molecule has 0 spiro atoms. The molecule has 0 atom stereocenters. The second-order valence-corrected chi connectivity index (χ2v) is 7.88. The van der Waals surface area contributed by atoms with Crippen LogP contribution in [0.25, 0.3) is 0 Å². The van der Waals surface area contributed by atoms with Crippen LogP contribution in [0, 0.1) is 0 Å². The Bertz CT molecular complexity index is 578. The lowest BCUT2D eigenvalue weighted by molar-refractivity contribution is 0.00816. The quantitative estimate of drug-likeness (QED) is 0.903. The molecule has 23 heavy (non-hydrogen) atoms. The van der Waals surface area contributed by atoms with Gasteiger partial charge in [-0.05, 0) is 39.3 Å². The monoisotopic (exact) mass is 319 g/mol. The normalized spacial score (nSPS) is 20.7. The molecule has 0 radical (unpaired) electrons. The van der Waals surface area contributed by atoms with Gasteiger partial charge in [-0.1, -0.05) is 6.07 Å². The molecule has 2 aliphatic rings. The third-order valence-corrected chi connectivity index (χ3v) is 4.16. The lowest BCUT2D eigenvalue weighted by atomic mass is 9.93. The van der Waals surface area contributed by atoms with Gasteiger partial charge in [-0.2, -0.15) is 0 Å². The zero-order valence-corrected chi connectivity index (χ0v) is 14.2. The van der Waals surface area contributed by atoms with Crippen LogP contribution < -0.4 is 4.90 Å². The first kappa shape index (κ1) is 16.1. The number of hydrogen-bond acceptors (Lipinski definition) is 5. The fourth-order valence-electron chi connectivity index (χ4n) is 2.93. The Morgan fingerprint density at radius 2 is 2.00 bits per heavy atom. The van der Waals surface area contributed by atoms with Gasteiger partial charge in [0.1, 0.15) is 11.4 Å². The molecule has 1 N–H and O–H groups in total. The molecule has 0 bridgehead atoms. The van der Waals surface area contributed by atoms with Crippen LogP contribution in [0.5, 0.6) is 0 Å². The van der Waals surface area contributed by atoms with Gasteiger partial charge in [0.25, 0.3) is 0 Å². The number of aliphatic hydroxyl groups is 1. The van der Waals surface area contributed by atoms with Gasteiger partial charge in [0.2, 0.25) is 0 Å². The summed E-state index contributed by atoms with van der Waals surface area (Å²) < 4.78 is 5.36. The number of pyridine rings is 1. The first-order chi connectivity index (χ1) is 10.6. The highest BCUT2D eigenvalue weighted by Crippen LogP contribution is 2.30. The maximum atomic E-state index is 11.9. The van der Waals surface area contributed by atoms with Gasteiger partial charge in [-0.15, -0.1) is 0 Å². The molecule has 0 unspecified atom stereocenters. The predicted molar refractivity (Wildman–Crippen MR) is 87.6 cm³/mol. The zero-order valence-electron chi connectivity index (χ0n) is 14.2. The van der Waals surface area contributed by atoms with Crippen molar-refractivity contribution < 1.29 is 14.6 Å². The van der Waals surface area contributed by atoms with Crippen LogP contribution in [0.3, 0.4) is 0 Å². The third kappa shape index (κ3) is 3.58. The van der Waals surface area contributed by atoms with Crippen LogP contribution in [0.4, 0.5) is 10.6 Å². The molecule has 2 aliphatic heterocycles. The third-order valence-electron chi connectivity index (χ3n) is 4.16. The second kappa shape index (κ2) is 5.37. The number of rotatable bonds is 2. The van der Waals surface area contributed by atoms with Gasteiger partial charge < -0.3 is 19.6 Å². The molecule has 3 heterocycles. The number of ether oxygens (including phenoxy) is 1. The number of carbonyl (C=O) groups excluding carboxylic acids is 1. The number of likely N-dealkylation sites (tertiary alicyclic amines) is 1. The number of nitrogens with zero attached hydrogens (tertiary/aromatic N) is 3.